The van der Waals surface area contributed by atoms with E-state index in [0.29, 0.717) is 5.56 Å². The van der Waals surface area contributed by atoms with Gasteiger partial charge in [0.05, 0.1) is 18.7 Å². The van der Waals surface area contributed by atoms with Gasteiger partial charge in [0.15, 0.2) is 17.9 Å². The number of esters is 4. The Hall–Kier alpha value is -3.55. The third kappa shape index (κ3) is 8.73. The van der Waals surface area contributed by atoms with Crippen molar-refractivity contribution >= 4 is 29.8 Å². The highest BCUT2D eigenvalue weighted by Crippen LogP contribution is 2.36. The first-order valence-corrected chi connectivity index (χ1v) is 13.7. The molecular weight excluding hydrogens is 552 g/mol. The molecule has 7 atom stereocenters. The molecule has 0 aliphatic carbocycles. The van der Waals surface area contributed by atoms with Crippen LogP contribution in [-0.4, -0.2) is 84.5 Å². The van der Waals surface area contributed by atoms with Gasteiger partial charge in [0.25, 0.3) is 0 Å². The molecule has 0 spiro atoms. The van der Waals surface area contributed by atoms with E-state index in [1.165, 1.54) is 27.7 Å². The van der Waals surface area contributed by atoms with Crippen molar-refractivity contribution < 1.29 is 52.4 Å². The largest absolute Gasteiger partial charge is 0.463 e. The molecule has 2 heterocycles. The molecule has 2 aliphatic rings. The Morgan fingerprint density at radius 2 is 1.57 bits per heavy atom. The minimum atomic E-state index is -1.75. The molecular formula is C29H40N2O11. The quantitative estimate of drug-likeness (QED) is 0.330. The van der Waals surface area contributed by atoms with Crippen molar-refractivity contribution in [3.8, 4) is 0 Å². The highest BCUT2D eigenvalue weighted by Gasteiger charge is 2.58. The van der Waals surface area contributed by atoms with Crippen LogP contribution >= 0.6 is 0 Å². The molecule has 13 heteroatoms. The first kappa shape index (κ1) is 33.0. The monoisotopic (exact) mass is 592 g/mol. The minimum Gasteiger partial charge on any atom is -0.463 e. The summed E-state index contributed by atoms with van der Waals surface area (Å²) in [6, 6.07) is 7.00. The topological polar surface area (TPSA) is 165 Å². The maximum atomic E-state index is 13.8. The molecule has 2 fully saturated rings. The van der Waals surface area contributed by atoms with Crippen LogP contribution < -0.4 is 10.6 Å². The van der Waals surface area contributed by atoms with E-state index >= 15 is 0 Å². The van der Waals surface area contributed by atoms with Gasteiger partial charge in [0, 0.05) is 39.7 Å². The van der Waals surface area contributed by atoms with E-state index < -0.39 is 84.2 Å². The summed E-state index contributed by atoms with van der Waals surface area (Å²) in [5.74, 6) is -3.18. The van der Waals surface area contributed by atoms with Crippen LogP contribution in [0.25, 0.3) is 0 Å². The molecule has 0 unspecified atom stereocenters. The van der Waals surface area contributed by atoms with Crippen LogP contribution in [0.1, 0.15) is 66.7 Å². The number of hydrogen-bond donors (Lipinski definition) is 2. The Morgan fingerprint density at radius 1 is 0.952 bits per heavy atom. The zero-order valence-electron chi connectivity index (χ0n) is 25.0. The number of hydrogen-bond acceptors (Lipinski definition) is 12. The van der Waals surface area contributed by atoms with Crippen LogP contribution in [0.4, 0.5) is 0 Å². The fourth-order valence-electron chi connectivity index (χ4n) is 5.07. The standard InChI is InChI=1S/C29H40N2O11/c1-16(32)30-23-21(39-18(3)34)13-29(15-38-17(2)33,27(36)42-28(5,6)7)31-24(23)25-22(40-19(4)35)14-37-26(41-25)20-11-9-8-10-12-20/h8-12,21-26,31H,13-15H2,1-7H3,(H,30,32)/t21-,22-,23-,24-,25-,26-,29-/m1/s1. The smallest absolute Gasteiger partial charge is 0.330 e. The van der Waals surface area contributed by atoms with Crippen LogP contribution in [0.2, 0.25) is 0 Å². The lowest BCUT2D eigenvalue weighted by atomic mass is 9.78. The second-order valence-corrected chi connectivity index (χ2v) is 11.4. The van der Waals surface area contributed by atoms with Crippen molar-refractivity contribution in [3.05, 3.63) is 35.9 Å². The van der Waals surface area contributed by atoms with Gasteiger partial charge in [-0.1, -0.05) is 30.3 Å². The molecule has 42 heavy (non-hydrogen) atoms. The summed E-state index contributed by atoms with van der Waals surface area (Å²) in [5.41, 5.74) is -2.01. The molecule has 2 aliphatic heterocycles. The van der Waals surface area contributed by atoms with E-state index in [1.54, 1.807) is 45.0 Å². The van der Waals surface area contributed by atoms with Crippen LogP contribution in [0.3, 0.4) is 0 Å². The average Bonchev–Trinajstić information content (AvgIpc) is 2.87. The third-order valence-electron chi connectivity index (χ3n) is 6.58. The van der Waals surface area contributed by atoms with Gasteiger partial charge in [-0.3, -0.25) is 24.5 Å². The zero-order chi connectivity index (χ0) is 31.2. The number of ether oxygens (including phenoxy) is 6. The molecule has 13 nitrogen and oxygen atoms in total. The van der Waals surface area contributed by atoms with Gasteiger partial charge in [-0.15, -0.1) is 0 Å². The van der Waals surface area contributed by atoms with Gasteiger partial charge in [-0.05, 0) is 20.8 Å². The molecule has 0 aromatic heterocycles. The van der Waals surface area contributed by atoms with E-state index in [1.807, 2.05) is 6.07 Å². The molecule has 0 bridgehead atoms. The van der Waals surface area contributed by atoms with Crippen molar-refractivity contribution in [2.75, 3.05) is 13.2 Å². The van der Waals surface area contributed by atoms with E-state index in [4.69, 9.17) is 28.4 Å². The molecule has 2 N–H and O–H groups in total. The number of nitrogens with one attached hydrogen (secondary N) is 2. The van der Waals surface area contributed by atoms with Crippen LogP contribution in [-0.2, 0) is 52.4 Å². The first-order valence-electron chi connectivity index (χ1n) is 13.7. The van der Waals surface area contributed by atoms with Crippen LogP contribution in [0.15, 0.2) is 30.3 Å². The fraction of sp³-hybridized carbons (Fsp3) is 0.621. The minimum absolute atomic E-state index is 0.0869. The van der Waals surface area contributed by atoms with E-state index in [9.17, 15) is 24.0 Å². The van der Waals surface area contributed by atoms with Gasteiger partial charge in [-0.2, -0.15) is 0 Å². The highest BCUT2D eigenvalue weighted by molar-refractivity contribution is 5.83. The lowest BCUT2D eigenvalue weighted by molar-refractivity contribution is -0.273. The Bertz CT molecular complexity index is 1150. The average molecular weight is 593 g/mol. The molecule has 1 aromatic carbocycles. The number of piperidine rings is 1. The van der Waals surface area contributed by atoms with Crippen LogP contribution in [0, 0.1) is 0 Å². The van der Waals surface area contributed by atoms with E-state index in [2.05, 4.69) is 10.6 Å². The van der Waals surface area contributed by atoms with Crippen molar-refractivity contribution in [1.29, 1.82) is 0 Å². The van der Waals surface area contributed by atoms with Crippen molar-refractivity contribution in [1.82, 2.24) is 10.6 Å². The lowest BCUT2D eigenvalue weighted by Gasteiger charge is -2.51. The maximum Gasteiger partial charge on any atom is 0.330 e. The molecule has 3 rings (SSSR count). The fourth-order valence-corrected chi connectivity index (χ4v) is 5.07. The summed E-state index contributed by atoms with van der Waals surface area (Å²) < 4.78 is 34.5. The van der Waals surface area contributed by atoms with Gasteiger partial charge >= 0.3 is 23.9 Å². The van der Waals surface area contributed by atoms with E-state index in [-0.39, 0.29) is 13.0 Å². The van der Waals surface area contributed by atoms with Gasteiger partial charge in [-0.25, -0.2) is 4.79 Å². The molecule has 0 radical (unpaired) electrons. The number of amides is 1. The van der Waals surface area contributed by atoms with Crippen molar-refractivity contribution in [3.63, 3.8) is 0 Å². The number of carbonyl (C=O) groups is 5. The molecule has 0 saturated carbocycles. The summed E-state index contributed by atoms with van der Waals surface area (Å²) in [4.78, 5) is 62.5. The summed E-state index contributed by atoms with van der Waals surface area (Å²) >= 11 is 0. The van der Waals surface area contributed by atoms with E-state index in [0.717, 1.165) is 0 Å². The summed E-state index contributed by atoms with van der Waals surface area (Å²) in [5, 5.41) is 6.02. The predicted molar refractivity (Wildman–Crippen MR) is 145 cm³/mol. The SMILES string of the molecule is CC(=O)N[C@H]1[C@H]([C@@H]2O[C@H](c3ccccc3)OC[C@H]2OC(C)=O)N[C@](COC(C)=O)(C(=O)OC(C)(C)C)C[C@H]1OC(C)=O. The van der Waals surface area contributed by atoms with Crippen molar-refractivity contribution in [2.24, 2.45) is 0 Å². The normalized spacial score (nSPS) is 29.5. The lowest BCUT2D eigenvalue weighted by Crippen LogP contribution is -2.77. The summed E-state index contributed by atoms with van der Waals surface area (Å²) in [6.07, 6.45) is -4.29. The van der Waals surface area contributed by atoms with Gasteiger partial charge in [0.1, 0.15) is 24.4 Å². The Labute approximate surface area is 244 Å². The third-order valence-corrected chi connectivity index (χ3v) is 6.58. The highest BCUT2D eigenvalue weighted by atomic mass is 16.7. The summed E-state index contributed by atoms with van der Waals surface area (Å²) in [7, 11) is 0. The van der Waals surface area contributed by atoms with Gasteiger partial charge < -0.3 is 33.7 Å². The molecule has 1 aromatic rings. The Morgan fingerprint density at radius 3 is 2.12 bits per heavy atom. The zero-order valence-corrected chi connectivity index (χ0v) is 25.0. The number of rotatable bonds is 8. The number of benzene rings is 1. The second-order valence-electron chi connectivity index (χ2n) is 11.4. The molecule has 232 valence electrons. The number of carbonyl (C=O) groups excluding carboxylic acids is 5. The predicted octanol–water partition coefficient (Wildman–Crippen LogP) is 1.47. The van der Waals surface area contributed by atoms with Crippen LogP contribution in [0.5, 0.6) is 0 Å². The maximum absolute atomic E-state index is 13.8. The molecule has 1 amide bonds. The summed E-state index contributed by atoms with van der Waals surface area (Å²) in [6.45, 7) is 9.37. The van der Waals surface area contributed by atoms with Crippen molar-refractivity contribution in [2.45, 2.75) is 103 Å². The Kier molecular flexibility index (Phi) is 10.7. The second kappa shape index (κ2) is 13.6. The first-order chi connectivity index (χ1) is 19.6. The Balaban J connectivity index is 2.16. The molecule has 2 saturated heterocycles. The van der Waals surface area contributed by atoms with Gasteiger partial charge in [0.2, 0.25) is 5.91 Å².